The van der Waals surface area contributed by atoms with E-state index in [1.807, 2.05) is 19.9 Å². The third-order valence-corrected chi connectivity index (χ3v) is 7.85. The molecule has 4 rings (SSSR count). The highest BCUT2D eigenvalue weighted by molar-refractivity contribution is 7.89. The Balaban J connectivity index is 1.60. The summed E-state index contributed by atoms with van der Waals surface area (Å²) in [5, 5.41) is 0. The van der Waals surface area contributed by atoms with Crippen LogP contribution in [0.25, 0.3) is 11.0 Å². The summed E-state index contributed by atoms with van der Waals surface area (Å²) in [4.78, 5) is 19.2. The first-order valence-corrected chi connectivity index (χ1v) is 12.8. The molecule has 9 nitrogen and oxygen atoms in total. The predicted octanol–water partition coefficient (Wildman–Crippen LogP) is 1.85. The average molecular weight is 465 g/mol. The van der Waals surface area contributed by atoms with E-state index in [0.29, 0.717) is 57.4 Å². The molecule has 1 saturated carbocycles. The molecule has 2 aromatic rings. The van der Waals surface area contributed by atoms with E-state index in [2.05, 4.69) is 9.47 Å². The van der Waals surface area contributed by atoms with Crippen molar-refractivity contribution in [2.75, 3.05) is 46.0 Å². The Morgan fingerprint density at radius 2 is 2.00 bits per heavy atom. The van der Waals surface area contributed by atoms with E-state index in [4.69, 9.17) is 14.5 Å². The van der Waals surface area contributed by atoms with Crippen LogP contribution in [-0.2, 0) is 37.4 Å². The summed E-state index contributed by atoms with van der Waals surface area (Å²) in [7, 11) is -3.58. The largest absolute Gasteiger partial charge is 0.465 e. The molecule has 1 aromatic heterocycles. The van der Waals surface area contributed by atoms with Crippen LogP contribution in [0, 0.1) is 5.92 Å². The third-order valence-electron chi connectivity index (χ3n) is 5.96. The zero-order valence-electron chi connectivity index (χ0n) is 18.8. The standard InChI is InChI=1S/C22H32N4O5S/c1-3-26-20-8-7-18(32(28,29)25-9-11-30-12-10-25)13-19(20)23-21(26)15-24(14-17-5-6-17)16-22(27)31-4-2/h7-8,13,17H,3-6,9-12,14-16H2,1-2H3. The molecular weight excluding hydrogens is 432 g/mol. The Labute approximate surface area is 189 Å². The first kappa shape index (κ1) is 23.2. The molecule has 0 bridgehead atoms. The van der Waals surface area contributed by atoms with E-state index in [9.17, 15) is 13.2 Å². The number of carbonyl (C=O) groups is 1. The van der Waals surface area contributed by atoms with Crippen molar-refractivity contribution in [3.8, 4) is 0 Å². The SMILES string of the molecule is CCOC(=O)CN(Cc1nc2cc(S(=O)(=O)N3CCOCC3)ccc2n1CC)CC1CC1. The highest BCUT2D eigenvalue weighted by atomic mass is 32.2. The van der Waals surface area contributed by atoms with Crippen molar-refractivity contribution >= 4 is 27.0 Å². The second-order valence-corrected chi connectivity index (χ2v) is 10.3. The lowest BCUT2D eigenvalue weighted by atomic mass is 10.3. The molecule has 1 aliphatic heterocycles. The second kappa shape index (κ2) is 9.86. The summed E-state index contributed by atoms with van der Waals surface area (Å²) < 4.78 is 40.1. The number of aryl methyl sites for hydroxylation is 1. The molecule has 0 atom stereocenters. The lowest BCUT2D eigenvalue weighted by Crippen LogP contribution is -2.40. The first-order valence-electron chi connectivity index (χ1n) is 11.4. The minimum Gasteiger partial charge on any atom is -0.465 e. The van der Waals surface area contributed by atoms with E-state index in [-0.39, 0.29) is 17.4 Å². The fraction of sp³-hybridized carbons (Fsp3) is 0.636. The van der Waals surface area contributed by atoms with Crippen LogP contribution in [0.4, 0.5) is 0 Å². The molecule has 176 valence electrons. The van der Waals surface area contributed by atoms with Gasteiger partial charge in [0.15, 0.2) is 0 Å². The molecule has 0 amide bonds. The monoisotopic (exact) mass is 464 g/mol. The van der Waals surface area contributed by atoms with E-state index in [0.717, 1.165) is 17.9 Å². The molecule has 0 radical (unpaired) electrons. The molecule has 1 aromatic carbocycles. The smallest absolute Gasteiger partial charge is 0.320 e. The molecule has 2 heterocycles. The number of carbonyl (C=O) groups excluding carboxylic acids is 1. The van der Waals surface area contributed by atoms with Gasteiger partial charge in [0, 0.05) is 26.2 Å². The van der Waals surface area contributed by atoms with Crippen LogP contribution < -0.4 is 0 Å². The number of imidazole rings is 1. The van der Waals surface area contributed by atoms with Gasteiger partial charge in [0.2, 0.25) is 10.0 Å². The molecule has 2 fully saturated rings. The van der Waals surface area contributed by atoms with E-state index < -0.39 is 10.0 Å². The van der Waals surface area contributed by atoms with Crippen molar-refractivity contribution in [3.63, 3.8) is 0 Å². The van der Waals surface area contributed by atoms with Crippen LogP contribution in [0.2, 0.25) is 0 Å². The van der Waals surface area contributed by atoms with Gasteiger partial charge in [-0.2, -0.15) is 4.31 Å². The number of morpholine rings is 1. The fourth-order valence-corrected chi connectivity index (χ4v) is 5.60. The second-order valence-electron chi connectivity index (χ2n) is 8.36. The maximum atomic E-state index is 13.1. The summed E-state index contributed by atoms with van der Waals surface area (Å²) in [6, 6.07) is 5.15. The van der Waals surface area contributed by atoms with Gasteiger partial charge in [-0.25, -0.2) is 13.4 Å². The van der Waals surface area contributed by atoms with Crippen LogP contribution >= 0.6 is 0 Å². The Kier molecular flexibility index (Phi) is 7.14. The first-order chi connectivity index (χ1) is 15.4. The van der Waals surface area contributed by atoms with Crippen LogP contribution in [0.15, 0.2) is 23.1 Å². The fourth-order valence-electron chi connectivity index (χ4n) is 4.17. The number of hydrogen-bond donors (Lipinski definition) is 0. The Bertz CT molecular complexity index is 1060. The number of aromatic nitrogens is 2. The zero-order chi connectivity index (χ0) is 22.7. The van der Waals surface area contributed by atoms with Gasteiger partial charge < -0.3 is 14.0 Å². The predicted molar refractivity (Wildman–Crippen MR) is 120 cm³/mol. The lowest BCUT2D eigenvalue weighted by molar-refractivity contribution is -0.144. The third kappa shape index (κ3) is 5.14. The van der Waals surface area contributed by atoms with Crippen molar-refractivity contribution in [2.24, 2.45) is 5.92 Å². The molecule has 32 heavy (non-hydrogen) atoms. The molecule has 1 aliphatic carbocycles. The van der Waals surface area contributed by atoms with Crippen molar-refractivity contribution in [2.45, 2.75) is 44.7 Å². The summed E-state index contributed by atoms with van der Waals surface area (Å²) in [5.41, 5.74) is 1.55. The Morgan fingerprint density at radius 3 is 2.66 bits per heavy atom. The number of sulfonamides is 1. The van der Waals surface area contributed by atoms with Crippen LogP contribution in [0.3, 0.4) is 0 Å². The normalized spacial score (nSPS) is 17.8. The quantitative estimate of drug-likeness (QED) is 0.495. The molecule has 10 heteroatoms. The van der Waals surface area contributed by atoms with Crippen molar-refractivity contribution in [1.82, 2.24) is 18.8 Å². The summed E-state index contributed by atoms with van der Waals surface area (Å²) >= 11 is 0. The maximum absolute atomic E-state index is 13.1. The zero-order valence-corrected chi connectivity index (χ0v) is 19.6. The number of ether oxygens (including phenoxy) is 2. The highest BCUT2D eigenvalue weighted by Gasteiger charge is 2.29. The average Bonchev–Trinajstić information content (AvgIpc) is 3.52. The summed E-state index contributed by atoms with van der Waals surface area (Å²) in [6.45, 7) is 8.04. The number of hydrogen-bond acceptors (Lipinski definition) is 7. The molecule has 0 spiro atoms. The molecule has 2 aliphatic rings. The van der Waals surface area contributed by atoms with Gasteiger partial charge in [-0.1, -0.05) is 0 Å². The summed E-state index contributed by atoms with van der Waals surface area (Å²) in [5.74, 6) is 1.22. The van der Waals surface area contributed by atoms with Gasteiger partial charge in [-0.3, -0.25) is 9.69 Å². The maximum Gasteiger partial charge on any atom is 0.320 e. The number of nitrogens with zero attached hydrogens (tertiary/aromatic N) is 4. The van der Waals surface area contributed by atoms with E-state index in [1.165, 1.54) is 17.1 Å². The van der Waals surface area contributed by atoms with Gasteiger partial charge in [-0.05, 0) is 50.8 Å². The molecule has 0 unspecified atom stereocenters. The minimum absolute atomic E-state index is 0.230. The lowest BCUT2D eigenvalue weighted by Gasteiger charge is -2.26. The van der Waals surface area contributed by atoms with Crippen LogP contribution in [0.1, 0.15) is 32.5 Å². The molecule has 0 N–H and O–H groups in total. The van der Waals surface area contributed by atoms with Crippen molar-refractivity contribution in [3.05, 3.63) is 24.0 Å². The Hall–Kier alpha value is -2.01. The van der Waals surface area contributed by atoms with Crippen LogP contribution in [-0.4, -0.2) is 79.1 Å². The molecule has 1 saturated heterocycles. The van der Waals surface area contributed by atoms with Crippen LogP contribution in [0.5, 0.6) is 0 Å². The number of esters is 1. The van der Waals surface area contributed by atoms with Gasteiger partial charge in [-0.15, -0.1) is 0 Å². The van der Waals surface area contributed by atoms with Gasteiger partial charge in [0.05, 0.1) is 48.8 Å². The minimum atomic E-state index is -3.58. The van der Waals surface area contributed by atoms with Gasteiger partial charge >= 0.3 is 5.97 Å². The van der Waals surface area contributed by atoms with Gasteiger partial charge in [0.25, 0.3) is 0 Å². The topological polar surface area (TPSA) is 94.0 Å². The Morgan fingerprint density at radius 1 is 1.25 bits per heavy atom. The van der Waals surface area contributed by atoms with Crippen molar-refractivity contribution in [1.29, 1.82) is 0 Å². The van der Waals surface area contributed by atoms with Crippen molar-refractivity contribution < 1.29 is 22.7 Å². The molecular formula is C22H32N4O5S. The van der Waals surface area contributed by atoms with E-state index >= 15 is 0 Å². The number of rotatable bonds is 10. The summed E-state index contributed by atoms with van der Waals surface area (Å²) in [6.07, 6.45) is 2.37. The highest BCUT2D eigenvalue weighted by Crippen LogP contribution is 2.30. The number of fused-ring (bicyclic) bond motifs is 1. The number of benzene rings is 1. The van der Waals surface area contributed by atoms with E-state index in [1.54, 1.807) is 12.1 Å². The van der Waals surface area contributed by atoms with Gasteiger partial charge in [0.1, 0.15) is 5.82 Å².